The molecular weight excluding hydrogens is 236 g/mol. The number of methoxy groups -OCH3 is 1. The number of carbonyl (C=O) groups excluding carboxylic acids is 1. The number of ether oxygens (including phenoxy) is 1. The predicted octanol–water partition coefficient (Wildman–Crippen LogP) is 2.66. The van der Waals surface area contributed by atoms with E-state index < -0.39 is 10.8 Å². The molecule has 1 atom stereocenters. The molecule has 3 nitrogen and oxygen atoms in total. The summed E-state index contributed by atoms with van der Waals surface area (Å²) in [6.45, 7) is 2.17. The minimum atomic E-state index is -0.757. The van der Waals surface area contributed by atoms with Crippen LogP contribution in [0.15, 0.2) is 0 Å². The molecule has 0 spiro atoms. The van der Waals surface area contributed by atoms with E-state index in [4.69, 9.17) is 0 Å². The number of esters is 1. The lowest BCUT2D eigenvalue weighted by atomic mass is 10.1. The van der Waals surface area contributed by atoms with Gasteiger partial charge in [0.05, 0.1) is 13.5 Å². The summed E-state index contributed by atoms with van der Waals surface area (Å²) in [5, 5.41) is 0. The van der Waals surface area contributed by atoms with Gasteiger partial charge in [-0.1, -0.05) is 26.2 Å². The first-order valence-corrected chi connectivity index (χ1v) is 8.02. The molecule has 1 aliphatic rings. The highest BCUT2D eigenvalue weighted by atomic mass is 32.2. The maximum atomic E-state index is 11.9. The maximum absolute atomic E-state index is 11.9. The molecule has 0 saturated heterocycles. The Kier molecular flexibility index (Phi) is 6.17. The lowest BCUT2D eigenvalue weighted by molar-refractivity contribution is -0.141. The Balaban J connectivity index is 2.19. The summed E-state index contributed by atoms with van der Waals surface area (Å²) in [4.78, 5) is 11.2. The fourth-order valence-corrected chi connectivity index (χ4v) is 3.77. The molecule has 0 amide bonds. The van der Waals surface area contributed by atoms with Crippen LogP contribution in [0.2, 0.25) is 0 Å². The molecule has 1 unspecified atom stereocenters. The zero-order valence-electron chi connectivity index (χ0n) is 11.0. The van der Waals surface area contributed by atoms with Crippen molar-refractivity contribution in [3.8, 4) is 0 Å². The van der Waals surface area contributed by atoms with E-state index in [2.05, 4.69) is 11.7 Å². The molecule has 4 heteroatoms. The van der Waals surface area contributed by atoms with Gasteiger partial charge in [-0.05, 0) is 24.7 Å². The molecule has 1 fully saturated rings. The van der Waals surface area contributed by atoms with E-state index in [1.807, 2.05) is 0 Å². The molecule has 0 aromatic rings. The molecule has 0 heterocycles. The van der Waals surface area contributed by atoms with Gasteiger partial charge in [-0.15, -0.1) is 0 Å². The third-order valence-electron chi connectivity index (χ3n) is 3.40. The van der Waals surface area contributed by atoms with E-state index in [-0.39, 0.29) is 11.4 Å². The molecule has 0 N–H and O–H groups in total. The highest BCUT2D eigenvalue weighted by Gasteiger charge is 2.45. The van der Waals surface area contributed by atoms with Crippen molar-refractivity contribution in [3.05, 3.63) is 0 Å². The Morgan fingerprint density at radius 1 is 1.29 bits per heavy atom. The summed E-state index contributed by atoms with van der Waals surface area (Å²) < 4.78 is 16.6. The molecule has 0 radical (unpaired) electrons. The summed E-state index contributed by atoms with van der Waals surface area (Å²) in [5.41, 5.74) is 0.0166. The summed E-state index contributed by atoms with van der Waals surface area (Å²) in [6, 6.07) is 0. The van der Waals surface area contributed by atoms with Crippen molar-refractivity contribution < 1.29 is 13.7 Å². The monoisotopic (exact) mass is 260 g/mol. The van der Waals surface area contributed by atoms with Gasteiger partial charge >= 0.3 is 5.97 Å². The number of rotatable bonds is 9. The van der Waals surface area contributed by atoms with Gasteiger partial charge in [0.1, 0.15) is 0 Å². The minimum absolute atomic E-state index is 0.0166. The third-order valence-corrected chi connectivity index (χ3v) is 5.08. The first-order valence-electron chi connectivity index (χ1n) is 6.54. The van der Waals surface area contributed by atoms with Crippen molar-refractivity contribution in [1.29, 1.82) is 0 Å². The Hall–Kier alpha value is -0.380. The van der Waals surface area contributed by atoms with Crippen molar-refractivity contribution in [1.82, 2.24) is 0 Å². The number of hydrogen-bond donors (Lipinski definition) is 0. The van der Waals surface area contributed by atoms with Crippen LogP contribution in [0.25, 0.3) is 0 Å². The summed E-state index contributed by atoms with van der Waals surface area (Å²) >= 11 is 0. The molecule has 0 aromatic heterocycles. The van der Waals surface area contributed by atoms with Crippen LogP contribution >= 0.6 is 0 Å². The van der Waals surface area contributed by atoms with Crippen LogP contribution in [0.1, 0.15) is 51.9 Å². The average Bonchev–Trinajstić information content (AvgIpc) is 3.04. The van der Waals surface area contributed by atoms with Crippen LogP contribution in [0.4, 0.5) is 0 Å². The van der Waals surface area contributed by atoms with Crippen molar-refractivity contribution in [3.63, 3.8) is 0 Å². The predicted molar refractivity (Wildman–Crippen MR) is 70.3 cm³/mol. The van der Waals surface area contributed by atoms with E-state index >= 15 is 0 Å². The molecule has 0 aliphatic heterocycles. The van der Waals surface area contributed by atoms with E-state index in [1.54, 1.807) is 0 Å². The average molecular weight is 260 g/mol. The molecule has 1 rings (SSSR count). The second kappa shape index (κ2) is 7.14. The highest BCUT2D eigenvalue weighted by molar-refractivity contribution is 7.85. The van der Waals surface area contributed by atoms with Gasteiger partial charge in [-0.2, -0.15) is 0 Å². The Bertz CT molecular complexity index is 272. The van der Waals surface area contributed by atoms with Crippen LogP contribution in [-0.2, 0) is 20.3 Å². The van der Waals surface area contributed by atoms with E-state index in [0.29, 0.717) is 12.2 Å². The van der Waals surface area contributed by atoms with Gasteiger partial charge in [0.2, 0.25) is 0 Å². The van der Waals surface area contributed by atoms with E-state index in [1.165, 1.54) is 26.4 Å². The molecule has 100 valence electrons. The Morgan fingerprint density at radius 2 is 2.00 bits per heavy atom. The van der Waals surface area contributed by atoms with Gasteiger partial charge in [0, 0.05) is 22.3 Å². The van der Waals surface area contributed by atoms with Crippen LogP contribution in [0.5, 0.6) is 0 Å². The molecule has 17 heavy (non-hydrogen) atoms. The summed E-state index contributed by atoms with van der Waals surface area (Å²) in [7, 11) is 0.660. The molecule has 0 aromatic carbocycles. The zero-order chi connectivity index (χ0) is 12.7. The lowest BCUT2D eigenvalue weighted by Gasteiger charge is -2.12. The fourth-order valence-electron chi connectivity index (χ4n) is 2.03. The first-order chi connectivity index (χ1) is 8.12. The number of carbonyl (C=O) groups is 1. The van der Waals surface area contributed by atoms with Gasteiger partial charge in [-0.25, -0.2) is 0 Å². The quantitative estimate of drug-likeness (QED) is 0.473. The third kappa shape index (κ3) is 5.66. The number of unbranched alkanes of at least 4 members (excludes halogenated alkanes) is 3. The standard InChI is InChI=1S/C13H24O3S/c1-3-4-5-6-9-17(15)11-13(7-8-13)10-12(14)16-2/h3-11H2,1-2H3. The zero-order valence-corrected chi connectivity index (χ0v) is 11.8. The van der Waals surface area contributed by atoms with Gasteiger partial charge in [0.15, 0.2) is 0 Å². The fraction of sp³-hybridized carbons (Fsp3) is 0.923. The van der Waals surface area contributed by atoms with Gasteiger partial charge < -0.3 is 4.74 Å². The summed E-state index contributed by atoms with van der Waals surface area (Å²) in [5.74, 6) is 1.32. The van der Waals surface area contributed by atoms with Gasteiger partial charge in [-0.3, -0.25) is 9.00 Å². The van der Waals surface area contributed by atoms with E-state index in [9.17, 15) is 9.00 Å². The molecule has 1 saturated carbocycles. The second-order valence-electron chi connectivity index (χ2n) is 5.10. The van der Waals surface area contributed by atoms with E-state index in [0.717, 1.165) is 25.0 Å². The lowest BCUT2D eigenvalue weighted by Crippen LogP contribution is -2.19. The van der Waals surface area contributed by atoms with Crippen LogP contribution in [0, 0.1) is 5.41 Å². The topological polar surface area (TPSA) is 43.4 Å². The molecule has 0 bridgehead atoms. The van der Waals surface area contributed by atoms with Gasteiger partial charge in [0.25, 0.3) is 0 Å². The van der Waals surface area contributed by atoms with Crippen molar-refractivity contribution >= 4 is 16.8 Å². The Morgan fingerprint density at radius 3 is 2.53 bits per heavy atom. The largest absolute Gasteiger partial charge is 0.469 e. The first kappa shape index (κ1) is 14.7. The van der Waals surface area contributed by atoms with Crippen LogP contribution < -0.4 is 0 Å². The Labute approximate surface area is 107 Å². The van der Waals surface area contributed by atoms with Crippen LogP contribution in [0.3, 0.4) is 0 Å². The molecule has 1 aliphatic carbocycles. The minimum Gasteiger partial charge on any atom is -0.469 e. The number of hydrogen-bond acceptors (Lipinski definition) is 3. The van der Waals surface area contributed by atoms with Crippen molar-refractivity contribution in [2.45, 2.75) is 51.9 Å². The molecular formula is C13H24O3S. The maximum Gasteiger partial charge on any atom is 0.306 e. The van der Waals surface area contributed by atoms with Crippen molar-refractivity contribution in [2.75, 3.05) is 18.6 Å². The van der Waals surface area contributed by atoms with Crippen LogP contribution in [-0.4, -0.2) is 28.8 Å². The highest BCUT2D eigenvalue weighted by Crippen LogP contribution is 2.49. The normalized spacial score (nSPS) is 18.7. The van der Waals surface area contributed by atoms with Crippen molar-refractivity contribution in [2.24, 2.45) is 5.41 Å². The summed E-state index contributed by atoms with van der Waals surface area (Å²) in [6.07, 6.45) is 7.17. The SMILES string of the molecule is CCCCCCS(=O)CC1(CC(=O)OC)CC1. The smallest absolute Gasteiger partial charge is 0.306 e. The second-order valence-corrected chi connectivity index (χ2v) is 6.68.